The van der Waals surface area contributed by atoms with Gasteiger partial charge in [-0.25, -0.2) is 4.98 Å². The highest BCUT2D eigenvalue weighted by Gasteiger charge is 2.34. The normalized spacial score (nSPS) is 11.7. The fraction of sp³-hybridized carbons (Fsp3) is 0.100. The third-order valence-electron chi connectivity index (χ3n) is 4.41. The van der Waals surface area contributed by atoms with E-state index in [1.165, 1.54) is 18.2 Å². The first-order valence-corrected chi connectivity index (χ1v) is 9.24. The summed E-state index contributed by atoms with van der Waals surface area (Å²) < 4.78 is 44.7. The number of hydrogen-bond donors (Lipinski definition) is 2. The van der Waals surface area contributed by atoms with Crippen molar-refractivity contribution in [2.75, 3.05) is 18.2 Å². The van der Waals surface area contributed by atoms with Crippen molar-refractivity contribution in [3.05, 3.63) is 59.0 Å². The maximum absolute atomic E-state index is 13.2. The highest BCUT2D eigenvalue weighted by Crippen LogP contribution is 2.38. The number of para-hydroxylation sites is 1. The third-order valence-corrected chi connectivity index (χ3v) is 5.52. The van der Waals surface area contributed by atoms with E-state index in [-0.39, 0.29) is 16.3 Å². The predicted molar refractivity (Wildman–Crippen MR) is 107 cm³/mol. The van der Waals surface area contributed by atoms with Gasteiger partial charge >= 0.3 is 6.18 Å². The average Bonchev–Trinajstić information content (AvgIpc) is 3.01. The van der Waals surface area contributed by atoms with Gasteiger partial charge in [0.15, 0.2) is 0 Å². The number of nitrogens with one attached hydrogen (secondary N) is 1. The van der Waals surface area contributed by atoms with E-state index in [2.05, 4.69) is 10.3 Å². The Morgan fingerprint density at radius 2 is 1.93 bits per heavy atom. The molecular weight excluding hydrogens is 403 g/mol. The molecule has 0 radical (unpaired) electrons. The van der Waals surface area contributed by atoms with Gasteiger partial charge in [-0.2, -0.15) is 13.2 Å². The summed E-state index contributed by atoms with van der Waals surface area (Å²) in [6.07, 6.45) is -4.59. The number of thiophene rings is 1. The summed E-state index contributed by atoms with van der Waals surface area (Å²) in [5.41, 5.74) is 5.74. The minimum atomic E-state index is -4.59. The Morgan fingerprint density at radius 1 is 1.17 bits per heavy atom. The molecule has 1 amide bonds. The molecule has 0 saturated heterocycles. The molecule has 148 valence electrons. The first kappa shape index (κ1) is 19.0. The Balaban J connectivity index is 1.75. The minimum Gasteiger partial charge on any atom is -0.497 e. The molecule has 4 rings (SSSR count). The molecule has 29 heavy (non-hydrogen) atoms. The standard InChI is InChI=1S/C20H14F3N3O2S/c1-28-11-6-7-14-10(8-11)9-12-16(24)17(29-19(12)26-14)18(27)25-15-5-3-2-4-13(15)20(21,22)23/h2-9H,24H2,1H3,(H,25,27). The molecule has 0 unspecified atom stereocenters. The van der Waals surface area contributed by atoms with Crippen LogP contribution in [0.2, 0.25) is 0 Å². The van der Waals surface area contributed by atoms with Crippen molar-refractivity contribution in [2.45, 2.75) is 6.18 Å². The van der Waals surface area contributed by atoms with Gasteiger partial charge in [0.05, 0.1) is 29.6 Å². The van der Waals surface area contributed by atoms with E-state index < -0.39 is 17.6 Å². The first-order valence-electron chi connectivity index (χ1n) is 8.42. The number of pyridine rings is 1. The molecule has 2 aromatic carbocycles. The molecule has 0 aliphatic rings. The van der Waals surface area contributed by atoms with Crippen LogP contribution in [-0.4, -0.2) is 18.0 Å². The van der Waals surface area contributed by atoms with Crippen LogP contribution in [0.5, 0.6) is 5.75 Å². The van der Waals surface area contributed by atoms with Crippen LogP contribution in [0.15, 0.2) is 48.5 Å². The lowest BCUT2D eigenvalue weighted by Crippen LogP contribution is -2.16. The number of alkyl halides is 3. The fourth-order valence-corrected chi connectivity index (χ4v) is 3.98. The van der Waals surface area contributed by atoms with Crippen molar-refractivity contribution in [2.24, 2.45) is 0 Å². The number of aromatic nitrogens is 1. The Kier molecular flexibility index (Phi) is 4.54. The number of fused-ring (bicyclic) bond motifs is 2. The molecule has 4 aromatic rings. The van der Waals surface area contributed by atoms with Crippen LogP contribution in [-0.2, 0) is 6.18 Å². The molecule has 5 nitrogen and oxygen atoms in total. The Morgan fingerprint density at radius 3 is 2.66 bits per heavy atom. The molecule has 0 atom stereocenters. The van der Waals surface area contributed by atoms with Gasteiger partial charge in [0.2, 0.25) is 0 Å². The van der Waals surface area contributed by atoms with Crippen molar-refractivity contribution >= 4 is 49.7 Å². The lowest BCUT2D eigenvalue weighted by Gasteiger charge is -2.13. The van der Waals surface area contributed by atoms with E-state index in [1.54, 1.807) is 31.4 Å². The number of ether oxygens (including phenoxy) is 1. The quantitative estimate of drug-likeness (QED) is 0.474. The number of carbonyl (C=O) groups excluding carboxylic acids is 1. The average molecular weight is 417 g/mol. The zero-order chi connectivity index (χ0) is 20.8. The van der Waals surface area contributed by atoms with E-state index in [9.17, 15) is 18.0 Å². The van der Waals surface area contributed by atoms with Gasteiger partial charge in [0.25, 0.3) is 5.91 Å². The molecule has 9 heteroatoms. The third kappa shape index (κ3) is 3.44. The van der Waals surface area contributed by atoms with Gasteiger partial charge in [-0.05, 0) is 36.4 Å². The lowest BCUT2D eigenvalue weighted by molar-refractivity contribution is -0.136. The number of nitrogens with two attached hydrogens (primary N) is 1. The summed E-state index contributed by atoms with van der Waals surface area (Å²) in [5, 5.41) is 3.65. The number of methoxy groups -OCH3 is 1. The molecule has 0 fully saturated rings. The number of nitrogens with zero attached hydrogens (tertiary/aromatic N) is 1. The predicted octanol–water partition coefficient (Wildman–Crippen LogP) is 5.31. The molecule has 0 aliphatic heterocycles. The van der Waals surface area contributed by atoms with Crippen LogP contribution < -0.4 is 15.8 Å². The second kappa shape index (κ2) is 6.93. The summed E-state index contributed by atoms with van der Waals surface area (Å²) in [5.74, 6) is -0.0713. The van der Waals surface area contributed by atoms with Crippen molar-refractivity contribution in [1.29, 1.82) is 0 Å². The SMILES string of the molecule is COc1ccc2nc3sc(C(=O)Nc4ccccc4C(F)(F)F)c(N)c3cc2c1. The molecular formula is C20H14F3N3O2S. The van der Waals surface area contributed by atoms with Gasteiger partial charge in [-0.3, -0.25) is 4.79 Å². The topological polar surface area (TPSA) is 77.2 Å². The van der Waals surface area contributed by atoms with E-state index in [1.807, 2.05) is 0 Å². The van der Waals surface area contributed by atoms with Gasteiger partial charge in [0, 0.05) is 10.8 Å². The van der Waals surface area contributed by atoms with Crippen molar-refractivity contribution < 1.29 is 22.7 Å². The van der Waals surface area contributed by atoms with Crippen LogP contribution in [0.4, 0.5) is 24.5 Å². The Bertz CT molecular complexity index is 1250. The van der Waals surface area contributed by atoms with Gasteiger partial charge < -0.3 is 15.8 Å². The van der Waals surface area contributed by atoms with Gasteiger partial charge in [0.1, 0.15) is 15.5 Å². The van der Waals surface area contributed by atoms with Crippen LogP contribution in [0.25, 0.3) is 21.1 Å². The van der Waals surface area contributed by atoms with Crippen LogP contribution >= 0.6 is 11.3 Å². The molecule has 0 aliphatic carbocycles. The molecule has 0 spiro atoms. The number of hydrogen-bond acceptors (Lipinski definition) is 5. The minimum absolute atomic E-state index is 0.103. The Hall–Kier alpha value is -3.33. The number of amides is 1. The smallest absolute Gasteiger partial charge is 0.418 e. The molecule has 2 aromatic heterocycles. The summed E-state index contributed by atoms with van der Waals surface area (Å²) in [6.45, 7) is 0. The van der Waals surface area contributed by atoms with E-state index in [0.29, 0.717) is 21.5 Å². The molecule has 3 N–H and O–H groups in total. The van der Waals surface area contributed by atoms with Crippen molar-refractivity contribution in [1.82, 2.24) is 4.98 Å². The van der Waals surface area contributed by atoms with Gasteiger partial charge in [-0.15, -0.1) is 11.3 Å². The maximum Gasteiger partial charge on any atom is 0.418 e. The zero-order valence-electron chi connectivity index (χ0n) is 15.0. The first-order chi connectivity index (χ1) is 13.8. The highest BCUT2D eigenvalue weighted by atomic mass is 32.1. The fourth-order valence-electron chi connectivity index (χ4n) is 3.00. The summed E-state index contributed by atoms with van der Waals surface area (Å²) in [7, 11) is 1.55. The van der Waals surface area contributed by atoms with E-state index in [0.717, 1.165) is 22.8 Å². The zero-order valence-corrected chi connectivity index (χ0v) is 15.8. The number of anilines is 2. The van der Waals surface area contributed by atoms with Crippen LogP contribution in [0.1, 0.15) is 15.2 Å². The van der Waals surface area contributed by atoms with Crippen molar-refractivity contribution in [3.8, 4) is 5.75 Å². The molecule has 2 heterocycles. The number of nitrogen functional groups attached to an aromatic ring is 1. The number of rotatable bonds is 3. The van der Waals surface area contributed by atoms with Crippen molar-refractivity contribution in [3.63, 3.8) is 0 Å². The van der Waals surface area contributed by atoms with Crippen LogP contribution in [0.3, 0.4) is 0 Å². The second-order valence-electron chi connectivity index (χ2n) is 6.24. The molecule has 0 bridgehead atoms. The van der Waals surface area contributed by atoms with Crippen LogP contribution in [0, 0.1) is 0 Å². The van der Waals surface area contributed by atoms with E-state index in [4.69, 9.17) is 10.5 Å². The second-order valence-corrected chi connectivity index (χ2v) is 7.24. The number of benzene rings is 2. The number of halogens is 3. The summed E-state index contributed by atoms with van der Waals surface area (Å²) in [6, 6.07) is 11.9. The molecule has 0 saturated carbocycles. The summed E-state index contributed by atoms with van der Waals surface area (Å²) in [4.78, 5) is 17.8. The Labute approximate surface area is 166 Å². The van der Waals surface area contributed by atoms with Gasteiger partial charge in [-0.1, -0.05) is 12.1 Å². The summed E-state index contributed by atoms with van der Waals surface area (Å²) >= 11 is 1.03. The maximum atomic E-state index is 13.2. The van der Waals surface area contributed by atoms with E-state index >= 15 is 0 Å². The highest BCUT2D eigenvalue weighted by molar-refractivity contribution is 7.21. The lowest BCUT2D eigenvalue weighted by atomic mass is 10.1. The monoisotopic (exact) mass is 417 g/mol. The number of carbonyl (C=O) groups is 1. The largest absolute Gasteiger partial charge is 0.497 e.